The zero-order valence-corrected chi connectivity index (χ0v) is 11.2. The monoisotopic (exact) mass is 251 g/mol. The molecule has 2 atom stereocenters. The summed E-state index contributed by atoms with van der Waals surface area (Å²) >= 11 is 1.83. The van der Waals surface area contributed by atoms with Gasteiger partial charge in [-0.2, -0.15) is 0 Å². The van der Waals surface area contributed by atoms with Crippen molar-refractivity contribution in [3.63, 3.8) is 0 Å². The molecule has 94 valence electrons. The van der Waals surface area contributed by atoms with Crippen LogP contribution in [-0.4, -0.2) is 28.3 Å². The molecule has 1 heterocycles. The molecule has 0 aliphatic heterocycles. The first-order valence-corrected chi connectivity index (χ1v) is 7.51. The molecule has 1 aromatic rings. The van der Waals surface area contributed by atoms with Gasteiger partial charge in [-0.1, -0.05) is 13.3 Å². The van der Waals surface area contributed by atoms with Gasteiger partial charge in [-0.15, -0.1) is 11.8 Å². The number of aromatic nitrogens is 2. The van der Waals surface area contributed by atoms with Crippen molar-refractivity contribution in [2.75, 3.05) is 12.3 Å². The molecule has 4 heteroatoms. The molecule has 2 unspecified atom stereocenters. The Hall–Kier alpha value is -0.610. The van der Waals surface area contributed by atoms with E-state index in [0.717, 1.165) is 29.3 Å². The predicted molar refractivity (Wildman–Crippen MR) is 72.2 cm³/mol. The van der Waals surface area contributed by atoms with Crippen molar-refractivity contribution in [2.45, 2.75) is 43.7 Å². The van der Waals surface area contributed by atoms with Crippen molar-refractivity contribution in [3.8, 4) is 0 Å². The maximum absolute atomic E-state index is 4.28. The molecular formula is C13H21N3S. The first-order chi connectivity index (χ1) is 8.40. The van der Waals surface area contributed by atoms with E-state index in [1.165, 1.54) is 25.7 Å². The quantitative estimate of drug-likeness (QED) is 0.789. The Kier molecular flexibility index (Phi) is 5.26. The lowest BCUT2D eigenvalue weighted by Crippen LogP contribution is -2.32. The van der Waals surface area contributed by atoms with Gasteiger partial charge in [-0.3, -0.25) is 4.98 Å². The fourth-order valence-electron chi connectivity index (χ4n) is 2.59. The van der Waals surface area contributed by atoms with Crippen LogP contribution in [0.3, 0.4) is 0 Å². The van der Waals surface area contributed by atoms with E-state index in [1.54, 1.807) is 12.4 Å². The number of hydrogen-bond acceptors (Lipinski definition) is 4. The topological polar surface area (TPSA) is 37.8 Å². The molecule has 17 heavy (non-hydrogen) atoms. The normalized spacial score (nSPS) is 24.1. The minimum absolute atomic E-state index is 0.752. The lowest BCUT2D eigenvalue weighted by atomic mass is 10.0. The molecule has 0 bridgehead atoms. The number of nitrogens with one attached hydrogen (secondary N) is 1. The molecule has 3 nitrogen and oxygen atoms in total. The molecule has 2 rings (SSSR count). The number of thioether (sulfide) groups is 1. The first-order valence-electron chi connectivity index (χ1n) is 6.52. The van der Waals surface area contributed by atoms with Crippen molar-refractivity contribution in [2.24, 2.45) is 5.92 Å². The zero-order chi connectivity index (χ0) is 11.9. The van der Waals surface area contributed by atoms with E-state index in [-0.39, 0.29) is 0 Å². The van der Waals surface area contributed by atoms with Crippen LogP contribution in [0.1, 0.15) is 32.6 Å². The second kappa shape index (κ2) is 6.97. The maximum atomic E-state index is 4.28. The highest BCUT2D eigenvalue weighted by atomic mass is 32.2. The van der Waals surface area contributed by atoms with E-state index in [4.69, 9.17) is 0 Å². The fraction of sp³-hybridized carbons (Fsp3) is 0.692. The Bertz CT molecular complexity index is 318. The standard InChI is InChI=1S/C13H21N3S/c1-2-15-12-5-3-4-11(12)6-9-17-13-10-14-7-8-16-13/h7-8,10-12,15H,2-6,9H2,1H3. The molecule has 0 amide bonds. The zero-order valence-electron chi connectivity index (χ0n) is 10.4. The summed E-state index contributed by atoms with van der Waals surface area (Å²) < 4.78 is 0. The van der Waals surface area contributed by atoms with E-state index in [1.807, 2.05) is 18.0 Å². The van der Waals surface area contributed by atoms with Crippen LogP contribution in [0.25, 0.3) is 0 Å². The van der Waals surface area contributed by atoms with Gasteiger partial charge in [0.1, 0.15) is 5.03 Å². The van der Waals surface area contributed by atoms with Crippen LogP contribution in [-0.2, 0) is 0 Å². The Morgan fingerprint density at radius 2 is 2.35 bits per heavy atom. The Morgan fingerprint density at radius 3 is 3.12 bits per heavy atom. The van der Waals surface area contributed by atoms with E-state index in [2.05, 4.69) is 22.2 Å². The summed E-state index contributed by atoms with van der Waals surface area (Å²) in [4.78, 5) is 8.37. The smallest absolute Gasteiger partial charge is 0.114 e. The largest absolute Gasteiger partial charge is 0.314 e. The van der Waals surface area contributed by atoms with Gasteiger partial charge in [0.05, 0.1) is 6.20 Å². The molecule has 1 aliphatic rings. The van der Waals surface area contributed by atoms with Crippen LogP contribution in [0.4, 0.5) is 0 Å². The molecule has 1 aromatic heterocycles. The van der Waals surface area contributed by atoms with Gasteiger partial charge in [0, 0.05) is 18.4 Å². The van der Waals surface area contributed by atoms with Gasteiger partial charge >= 0.3 is 0 Å². The van der Waals surface area contributed by atoms with Crippen LogP contribution >= 0.6 is 11.8 Å². The van der Waals surface area contributed by atoms with Crippen molar-refractivity contribution in [1.82, 2.24) is 15.3 Å². The molecule has 1 aliphatic carbocycles. The van der Waals surface area contributed by atoms with Gasteiger partial charge < -0.3 is 5.32 Å². The third kappa shape index (κ3) is 3.96. The van der Waals surface area contributed by atoms with E-state index < -0.39 is 0 Å². The van der Waals surface area contributed by atoms with E-state index >= 15 is 0 Å². The average Bonchev–Trinajstić information content (AvgIpc) is 2.79. The van der Waals surface area contributed by atoms with Gasteiger partial charge in [0.15, 0.2) is 0 Å². The molecule has 0 spiro atoms. The highest BCUT2D eigenvalue weighted by molar-refractivity contribution is 7.99. The Morgan fingerprint density at radius 1 is 1.41 bits per heavy atom. The van der Waals surface area contributed by atoms with Gasteiger partial charge in [-0.05, 0) is 37.5 Å². The minimum Gasteiger partial charge on any atom is -0.314 e. The first kappa shape index (κ1) is 12.8. The van der Waals surface area contributed by atoms with Gasteiger partial charge in [-0.25, -0.2) is 4.98 Å². The second-order valence-electron chi connectivity index (χ2n) is 4.54. The summed E-state index contributed by atoms with van der Waals surface area (Å²) in [5.74, 6) is 2.02. The Labute approximate surface area is 108 Å². The summed E-state index contributed by atoms with van der Waals surface area (Å²) in [5.41, 5.74) is 0. The average molecular weight is 251 g/mol. The van der Waals surface area contributed by atoms with Crippen LogP contribution in [0.5, 0.6) is 0 Å². The SMILES string of the molecule is CCNC1CCCC1CCSc1cnccn1. The lowest BCUT2D eigenvalue weighted by molar-refractivity contribution is 0.400. The molecule has 0 saturated heterocycles. The van der Waals surface area contributed by atoms with E-state index in [0.29, 0.717) is 0 Å². The summed E-state index contributed by atoms with van der Waals surface area (Å²) in [7, 11) is 0. The summed E-state index contributed by atoms with van der Waals surface area (Å²) in [6.07, 6.45) is 10.8. The summed E-state index contributed by atoms with van der Waals surface area (Å²) in [5, 5.41) is 4.65. The Balaban J connectivity index is 1.71. The minimum atomic E-state index is 0.752. The third-order valence-corrected chi connectivity index (χ3v) is 4.35. The summed E-state index contributed by atoms with van der Waals surface area (Å²) in [6.45, 7) is 3.29. The van der Waals surface area contributed by atoms with Crippen LogP contribution in [0.2, 0.25) is 0 Å². The molecule has 1 saturated carbocycles. The molecular weight excluding hydrogens is 230 g/mol. The predicted octanol–water partition coefficient (Wildman–Crippen LogP) is 2.74. The number of nitrogens with zero attached hydrogens (tertiary/aromatic N) is 2. The fourth-order valence-corrected chi connectivity index (χ4v) is 3.49. The van der Waals surface area contributed by atoms with Crippen molar-refractivity contribution in [1.29, 1.82) is 0 Å². The number of hydrogen-bond donors (Lipinski definition) is 1. The molecule has 0 radical (unpaired) electrons. The van der Waals surface area contributed by atoms with Gasteiger partial charge in [0.2, 0.25) is 0 Å². The van der Waals surface area contributed by atoms with Gasteiger partial charge in [0.25, 0.3) is 0 Å². The van der Waals surface area contributed by atoms with E-state index in [9.17, 15) is 0 Å². The maximum Gasteiger partial charge on any atom is 0.114 e. The second-order valence-corrected chi connectivity index (χ2v) is 5.65. The van der Waals surface area contributed by atoms with Crippen LogP contribution < -0.4 is 5.32 Å². The van der Waals surface area contributed by atoms with Crippen LogP contribution in [0.15, 0.2) is 23.6 Å². The molecule has 1 N–H and O–H groups in total. The summed E-state index contributed by atoms with van der Waals surface area (Å²) in [6, 6.07) is 0.752. The molecule has 0 aromatic carbocycles. The molecule has 1 fully saturated rings. The van der Waals surface area contributed by atoms with Crippen molar-refractivity contribution < 1.29 is 0 Å². The highest BCUT2D eigenvalue weighted by Gasteiger charge is 2.25. The van der Waals surface area contributed by atoms with Crippen molar-refractivity contribution >= 4 is 11.8 Å². The third-order valence-electron chi connectivity index (χ3n) is 3.40. The van der Waals surface area contributed by atoms with Crippen molar-refractivity contribution in [3.05, 3.63) is 18.6 Å². The lowest BCUT2D eigenvalue weighted by Gasteiger charge is -2.19. The highest BCUT2D eigenvalue weighted by Crippen LogP contribution is 2.30. The van der Waals surface area contributed by atoms with Crippen LogP contribution in [0, 0.1) is 5.92 Å². The number of rotatable bonds is 6.